The van der Waals surface area contributed by atoms with E-state index in [2.05, 4.69) is 5.32 Å². The van der Waals surface area contributed by atoms with Gasteiger partial charge >= 0.3 is 0 Å². The van der Waals surface area contributed by atoms with Gasteiger partial charge in [-0.2, -0.15) is 16.1 Å². The number of benzene rings is 2. The monoisotopic (exact) mass is 496 g/mol. The second-order valence-electron chi connectivity index (χ2n) is 7.62. The summed E-state index contributed by atoms with van der Waals surface area (Å²) in [6.07, 6.45) is 3.79. The topological polar surface area (TPSA) is 75.7 Å². The van der Waals surface area contributed by atoms with E-state index in [0.717, 1.165) is 37.0 Å². The van der Waals surface area contributed by atoms with Crippen molar-refractivity contribution < 1.29 is 17.9 Å². The Morgan fingerprint density at radius 2 is 1.88 bits per heavy atom. The van der Waals surface area contributed by atoms with Crippen LogP contribution in [0.25, 0.3) is 0 Å². The first-order valence-electron chi connectivity index (χ1n) is 10.7. The summed E-state index contributed by atoms with van der Waals surface area (Å²) in [4.78, 5) is 12.9. The lowest BCUT2D eigenvalue weighted by atomic mass is 10.2. The molecule has 1 N–H and O–H groups in total. The highest BCUT2D eigenvalue weighted by Gasteiger charge is 2.27. The third-order valence-corrected chi connectivity index (χ3v) is 8.47. The van der Waals surface area contributed by atoms with Crippen LogP contribution >= 0.6 is 23.4 Å². The van der Waals surface area contributed by atoms with Gasteiger partial charge in [0, 0.05) is 36.2 Å². The third kappa shape index (κ3) is 6.63. The largest absolute Gasteiger partial charge is 0.496 e. The Labute approximate surface area is 199 Å². The quantitative estimate of drug-likeness (QED) is 0.514. The van der Waals surface area contributed by atoms with E-state index in [-0.39, 0.29) is 16.4 Å². The molecule has 1 amide bonds. The van der Waals surface area contributed by atoms with Crippen LogP contribution in [-0.2, 0) is 15.8 Å². The van der Waals surface area contributed by atoms with Gasteiger partial charge in [0.05, 0.1) is 17.6 Å². The number of amides is 1. The smallest absolute Gasteiger partial charge is 0.255 e. The molecule has 32 heavy (non-hydrogen) atoms. The van der Waals surface area contributed by atoms with Gasteiger partial charge in [0.2, 0.25) is 10.0 Å². The van der Waals surface area contributed by atoms with E-state index < -0.39 is 10.0 Å². The first-order chi connectivity index (χ1) is 15.4. The molecule has 1 aliphatic heterocycles. The highest BCUT2D eigenvalue weighted by Crippen LogP contribution is 2.26. The van der Waals surface area contributed by atoms with E-state index in [1.54, 1.807) is 17.8 Å². The van der Waals surface area contributed by atoms with E-state index in [1.165, 1.54) is 23.5 Å². The lowest BCUT2D eigenvalue weighted by Gasteiger charge is -2.20. The summed E-state index contributed by atoms with van der Waals surface area (Å²) in [5, 5.41) is 3.57. The van der Waals surface area contributed by atoms with Crippen LogP contribution in [0.2, 0.25) is 5.02 Å². The molecule has 0 radical (unpaired) electrons. The molecule has 6 nitrogen and oxygen atoms in total. The second kappa shape index (κ2) is 11.9. The molecule has 0 bridgehead atoms. The minimum absolute atomic E-state index is 0.126. The lowest BCUT2D eigenvalue weighted by molar-refractivity contribution is 0.0953. The molecule has 1 saturated heterocycles. The highest BCUT2D eigenvalue weighted by molar-refractivity contribution is 7.98. The van der Waals surface area contributed by atoms with Gasteiger partial charge in [-0.3, -0.25) is 4.79 Å². The molecule has 2 aromatic carbocycles. The SMILES string of the molecule is COc1ccc(S(=O)(=O)N2CCCCCC2)cc1C(=O)NCCSCc1cccc(Cl)c1. The number of methoxy groups -OCH3 is 1. The van der Waals surface area contributed by atoms with Crippen LogP contribution in [-0.4, -0.2) is 51.1 Å². The van der Waals surface area contributed by atoms with Crippen LogP contribution in [0, 0.1) is 0 Å². The molecule has 0 atom stereocenters. The number of rotatable bonds is 9. The summed E-state index contributed by atoms with van der Waals surface area (Å²) >= 11 is 7.68. The molecule has 9 heteroatoms. The zero-order chi connectivity index (χ0) is 23.0. The normalized spacial score (nSPS) is 15.2. The predicted molar refractivity (Wildman–Crippen MR) is 130 cm³/mol. The first kappa shape index (κ1) is 24.9. The van der Waals surface area contributed by atoms with Crippen LogP contribution in [0.1, 0.15) is 41.6 Å². The van der Waals surface area contributed by atoms with Crippen molar-refractivity contribution in [3.8, 4) is 5.75 Å². The van der Waals surface area contributed by atoms with E-state index in [4.69, 9.17) is 16.3 Å². The molecule has 174 valence electrons. The summed E-state index contributed by atoms with van der Waals surface area (Å²) in [6, 6.07) is 12.2. The number of thioether (sulfide) groups is 1. The molecule has 1 fully saturated rings. The number of halogens is 1. The molecule has 0 aromatic heterocycles. The van der Waals surface area contributed by atoms with Gasteiger partial charge < -0.3 is 10.1 Å². The molecule has 1 aliphatic rings. The van der Waals surface area contributed by atoms with Gasteiger partial charge in [-0.15, -0.1) is 0 Å². The molecule has 3 rings (SSSR count). The van der Waals surface area contributed by atoms with Crippen molar-refractivity contribution in [3.63, 3.8) is 0 Å². The first-order valence-corrected chi connectivity index (χ1v) is 13.7. The number of carbonyl (C=O) groups is 1. The molecular formula is C23H29ClN2O4S2. The predicted octanol–water partition coefficient (Wildman–Crippen LogP) is 4.58. The van der Waals surface area contributed by atoms with Crippen LogP contribution in [0.4, 0.5) is 0 Å². The molecular weight excluding hydrogens is 468 g/mol. The van der Waals surface area contributed by atoms with Gasteiger partial charge in [-0.1, -0.05) is 36.6 Å². The number of ether oxygens (including phenoxy) is 1. The van der Waals surface area contributed by atoms with Crippen molar-refractivity contribution in [2.75, 3.05) is 32.5 Å². The summed E-state index contributed by atoms with van der Waals surface area (Å²) in [5.41, 5.74) is 1.35. The van der Waals surface area contributed by atoms with Crippen molar-refractivity contribution >= 4 is 39.3 Å². The van der Waals surface area contributed by atoms with Crippen molar-refractivity contribution in [1.82, 2.24) is 9.62 Å². The summed E-state index contributed by atoms with van der Waals surface area (Å²) in [6.45, 7) is 1.48. The minimum atomic E-state index is -3.65. The van der Waals surface area contributed by atoms with Crippen LogP contribution < -0.4 is 10.1 Å². The Bertz CT molecular complexity index is 1020. The van der Waals surface area contributed by atoms with E-state index >= 15 is 0 Å². The lowest BCUT2D eigenvalue weighted by Crippen LogP contribution is -2.32. The van der Waals surface area contributed by atoms with Crippen LogP contribution in [0.5, 0.6) is 5.75 Å². The fourth-order valence-corrected chi connectivity index (χ4v) is 6.17. The van der Waals surface area contributed by atoms with Crippen LogP contribution in [0.3, 0.4) is 0 Å². The van der Waals surface area contributed by atoms with Crippen molar-refractivity contribution in [2.45, 2.75) is 36.3 Å². The summed E-state index contributed by atoms with van der Waals surface area (Å²) in [7, 11) is -2.18. The van der Waals surface area contributed by atoms with Gasteiger partial charge in [-0.25, -0.2) is 8.42 Å². The Morgan fingerprint density at radius 1 is 1.12 bits per heavy atom. The molecule has 0 aliphatic carbocycles. The molecule has 0 unspecified atom stereocenters. The van der Waals surface area contributed by atoms with Crippen molar-refractivity contribution in [3.05, 3.63) is 58.6 Å². The van der Waals surface area contributed by atoms with Crippen molar-refractivity contribution in [2.24, 2.45) is 0 Å². The third-order valence-electron chi connectivity index (χ3n) is 5.31. The standard InChI is InChI=1S/C23H29ClN2O4S2/c1-30-22-10-9-20(32(28,29)26-12-4-2-3-5-13-26)16-21(22)23(27)25-11-14-31-17-18-7-6-8-19(24)15-18/h6-10,15-16H,2-5,11-14,17H2,1H3,(H,25,27). The fourth-order valence-electron chi connectivity index (χ4n) is 3.60. The average Bonchev–Trinajstić information content (AvgIpc) is 3.08. The van der Waals surface area contributed by atoms with E-state index in [0.29, 0.717) is 36.2 Å². The van der Waals surface area contributed by atoms with Crippen molar-refractivity contribution in [1.29, 1.82) is 0 Å². The maximum Gasteiger partial charge on any atom is 0.255 e. The number of nitrogens with one attached hydrogen (secondary N) is 1. The minimum Gasteiger partial charge on any atom is -0.496 e. The van der Waals surface area contributed by atoms with Gasteiger partial charge in [-0.05, 0) is 48.7 Å². The fraction of sp³-hybridized carbons (Fsp3) is 0.435. The molecule has 1 heterocycles. The molecule has 0 saturated carbocycles. The maximum absolute atomic E-state index is 13.1. The summed E-state index contributed by atoms with van der Waals surface area (Å²) < 4.78 is 33.1. The summed E-state index contributed by atoms with van der Waals surface area (Å²) in [5.74, 6) is 1.51. The zero-order valence-corrected chi connectivity index (χ0v) is 20.6. The number of nitrogens with zero attached hydrogens (tertiary/aromatic N) is 1. The van der Waals surface area contributed by atoms with Gasteiger partial charge in [0.1, 0.15) is 5.75 Å². The van der Waals surface area contributed by atoms with E-state index in [1.807, 2.05) is 24.3 Å². The van der Waals surface area contributed by atoms with E-state index in [9.17, 15) is 13.2 Å². The molecule has 0 spiro atoms. The average molecular weight is 497 g/mol. The molecule has 2 aromatic rings. The Kier molecular flexibility index (Phi) is 9.28. The number of sulfonamides is 1. The highest BCUT2D eigenvalue weighted by atomic mass is 35.5. The van der Waals surface area contributed by atoms with Gasteiger partial charge in [0.15, 0.2) is 0 Å². The number of carbonyl (C=O) groups excluding carboxylic acids is 1. The maximum atomic E-state index is 13.1. The Morgan fingerprint density at radius 3 is 2.56 bits per heavy atom. The van der Waals surface area contributed by atoms with Gasteiger partial charge in [0.25, 0.3) is 5.91 Å². The zero-order valence-electron chi connectivity index (χ0n) is 18.2. The number of hydrogen-bond acceptors (Lipinski definition) is 5. The van der Waals surface area contributed by atoms with Crippen LogP contribution in [0.15, 0.2) is 47.4 Å². The second-order valence-corrected chi connectivity index (χ2v) is 11.1. The Hall–Kier alpha value is -1.74. The number of hydrogen-bond donors (Lipinski definition) is 1. The Balaban J connectivity index is 1.62.